The summed E-state index contributed by atoms with van der Waals surface area (Å²) >= 11 is 0. The third-order valence-corrected chi connectivity index (χ3v) is 1.95. The van der Waals surface area contributed by atoms with Crippen molar-refractivity contribution in [3.05, 3.63) is 0 Å². The molecular formula is C9H14N2O2. The number of ether oxygens (including phenoxy) is 1. The zero-order valence-corrected chi connectivity index (χ0v) is 7.58. The Morgan fingerprint density at radius 3 is 2.85 bits per heavy atom. The van der Waals surface area contributed by atoms with Gasteiger partial charge < -0.3 is 10.1 Å². The Labute approximate surface area is 78.2 Å². The predicted molar refractivity (Wildman–Crippen MR) is 49.1 cm³/mol. The first-order chi connectivity index (χ1) is 6.33. The highest BCUT2D eigenvalue weighted by atomic mass is 16.5. The van der Waals surface area contributed by atoms with Crippen molar-refractivity contribution in [2.75, 3.05) is 39.4 Å². The molecule has 0 saturated carbocycles. The van der Waals surface area contributed by atoms with Crippen molar-refractivity contribution < 1.29 is 9.53 Å². The highest BCUT2D eigenvalue weighted by Crippen LogP contribution is 1.94. The Morgan fingerprint density at radius 1 is 1.54 bits per heavy atom. The molecule has 4 nitrogen and oxygen atoms in total. The molecule has 0 bridgehead atoms. The molecular weight excluding hydrogens is 168 g/mol. The van der Waals surface area contributed by atoms with E-state index >= 15 is 0 Å². The van der Waals surface area contributed by atoms with Crippen LogP contribution in [0.1, 0.15) is 0 Å². The van der Waals surface area contributed by atoms with Crippen molar-refractivity contribution in [3.63, 3.8) is 0 Å². The lowest BCUT2D eigenvalue weighted by Gasteiger charge is -2.26. The topological polar surface area (TPSA) is 41.6 Å². The van der Waals surface area contributed by atoms with E-state index < -0.39 is 0 Å². The number of amides is 1. The van der Waals surface area contributed by atoms with Gasteiger partial charge in [-0.25, -0.2) is 0 Å². The van der Waals surface area contributed by atoms with Gasteiger partial charge in [0.15, 0.2) is 0 Å². The van der Waals surface area contributed by atoms with Gasteiger partial charge in [0.2, 0.25) is 0 Å². The van der Waals surface area contributed by atoms with Crippen LogP contribution >= 0.6 is 0 Å². The number of hydrogen-bond donors (Lipinski definition) is 1. The molecule has 1 rings (SSSR count). The minimum atomic E-state index is -0.340. The second-order valence-electron chi connectivity index (χ2n) is 2.85. The van der Waals surface area contributed by atoms with E-state index in [1.165, 1.54) is 0 Å². The minimum Gasteiger partial charge on any atom is -0.379 e. The van der Waals surface area contributed by atoms with Crippen molar-refractivity contribution in [2.24, 2.45) is 0 Å². The van der Waals surface area contributed by atoms with Crippen molar-refractivity contribution in [1.82, 2.24) is 10.2 Å². The monoisotopic (exact) mass is 182 g/mol. The minimum absolute atomic E-state index is 0.340. The van der Waals surface area contributed by atoms with Crippen LogP contribution in [0.5, 0.6) is 0 Å². The maximum Gasteiger partial charge on any atom is 0.295 e. The summed E-state index contributed by atoms with van der Waals surface area (Å²) in [5.41, 5.74) is 0. The molecule has 0 aromatic heterocycles. The molecule has 1 saturated heterocycles. The van der Waals surface area contributed by atoms with Gasteiger partial charge in [-0.05, 0) is 5.92 Å². The maximum absolute atomic E-state index is 10.7. The first-order valence-electron chi connectivity index (χ1n) is 4.37. The van der Waals surface area contributed by atoms with Gasteiger partial charge in [-0.1, -0.05) is 0 Å². The third kappa shape index (κ3) is 3.92. The van der Waals surface area contributed by atoms with E-state index in [2.05, 4.69) is 10.2 Å². The first-order valence-corrected chi connectivity index (χ1v) is 4.37. The van der Waals surface area contributed by atoms with Gasteiger partial charge in [-0.2, -0.15) is 0 Å². The van der Waals surface area contributed by atoms with Crippen LogP contribution in [0.4, 0.5) is 0 Å². The first kappa shape index (κ1) is 10.0. The van der Waals surface area contributed by atoms with E-state index in [1.807, 2.05) is 5.92 Å². The van der Waals surface area contributed by atoms with Gasteiger partial charge in [0, 0.05) is 26.2 Å². The molecule has 1 amide bonds. The number of hydrogen-bond acceptors (Lipinski definition) is 3. The summed E-state index contributed by atoms with van der Waals surface area (Å²) in [5, 5.41) is 2.62. The molecule has 0 spiro atoms. The molecule has 0 unspecified atom stereocenters. The van der Waals surface area contributed by atoms with Crippen LogP contribution < -0.4 is 5.32 Å². The lowest BCUT2D eigenvalue weighted by Crippen LogP contribution is -2.41. The van der Waals surface area contributed by atoms with Crippen molar-refractivity contribution in [2.45, 2.75) is 0 Å². The highest BCUT2D eigenvalue weighted by Gasteiger charge is 2.09. The van der Waals surface area contributed by atoms with Crippen LogP contribution in [0, 0.1) is 12.3 Å². The number of rotatable bonds is 3. The van der Waals surface area contributed by atoms with Gasteiger partial charge in [0.05, 0.1) is 13.2 Å². The average molecular weight is 182 g/mol. The van der Waals surface area contributed by atoms with Crippen molar-refractivity contribution in [3.8, 4) is 12.3 Å². The highest BCUT2D eigenvalue weighted by molar-refractivity contribution is 5.92. The molecule has 72 valence electrons. The second kappa shape index (κ2) is 5.57. The van der Waals surface area contributed by atoms with Crippen LogP contribution in [0.15, 0.2) is 0 Å². The molecule has 13 heavy (non-hydrogen) atoms. The molecule has 0 aromatic carbocycles. The third-order valence-electron chi connectivity index (χ3n) is 1.95. The molecule has 1 N–H and O–H groups in total. The van der Waals surface area contributed by atoms with Crippen molar-refractivity contribution in [1.29, 1.82) is 0 Å². The van der Waals surface area contributed by atoms with Crippen LogP contribution in [0.3, 0.4) is 0 Å². The zero-order valence-electron chi connectivity index (χ0n) is 7.58. The van der Waals surface area contributed by atoms with Crippen LogP contribution in [0.25, 0.3) is 0 Å². The Balaban J connectivity index is 2.05. The summed E-state index contributed by atoms with van der Waals surface area (Å²) in [6.07, 6.45) is 4.90. The Hall–Kier alpha value is -1.05. The average Bonchev–Trinajstić information content (AvgIpc) is 2.19. The van der Waals surface area contributed by atoms with E-state index in [1.54, 1.807) is 0 Å². The van der Waals surface area contributed by atoms with Crippen molar-refractivity contribution >= 4 is 5.91 Å². The van der Waals surface area contributed by atoms with Crippen LogP contribution in [0.2, 0.25) is 0 Å². The van der Waals surface area contributed by atoms with E-state index in [-0.39, 0.29) is 5.91 Å². The maximum atomic E-state index is 10.7. The normalized spacial score (nSPS) is 17.8. The molecule has 1 aliphatic rings. The number of morpholine rings is 1. The molecule has 4 heteroatoms. The van der Waals surface area contributed by atoms with Gasteiger partial charge in [0.25, 0.3) is 5.91 Å². The molecule has 1 aliphatic heterocycles. The Bertz CT molecular complexity index is 204. The fourth-order valence-electron chi connectivity index (χ4n) is 1.20. The van der Waals surface area contributed by atoms with Gasteiger partial charge in [0.1, 0.15) is 0 Å². The molecule has 0 aromatic rings. The molecule has 0 radical (unpaired) electrons. The molecule has 0 atom stereocenters. The number of terminal acetylenes is 1. The van der Waals surface area contributed by atoms with E-state index in [9.17, 15) is 4.79 Å². The number of carbonyl (C=O) groups excluding carboxylic acids is 1. The fraction of sp³-hybridized carbons (Fsp3) is 0.667. The number of nitrogens with zero attached hydrogens (tertiary/aromatic N) is 1. The fourth-order valence-corrected chi connectivity index (χ4v) is 1.20. The standard InChI is InChI=1S/C9H14N2O2/c1-2-9(12)10-3-4-11-5-7-13-8-6-11/h1H,3-8H2,(H,10,12). The van der Waals surface area contributed by atoms with E-state index in [0.29, 0.717) is 6.54 Å². The zero-order chi connectivity index (χ0) is 9.52. The molecule has 0 aliphatic carbocycles. The smallest absolute Gasteiger partial charge is 0.295 e. The quantitative estimate of drug-likeness (QED) is 0.573. The summed E-state index contributed by atoms with van der Waals surface area (Å²) in [6, 6.07) is 0. The van der Waals surface area contributed by atoms with E-state index in [0.717, 1.165) is 32.8 Å². The predicted octanol–water partition coefficient (Wildman–Crippen LogP) is -0.932. The van der Waals surface area contributed by atoms with E-state index in [4.69, 9.17) is 11.2 Å². The Kier molecular flexibility index (Phi) is 4.30. The number of carbonyl (C=O) groups is 1. The Morgan fingerprint density at radius 2 is 2.23 bits per heavy atom. The summed E-state index contributed by atoms with van der Waals surface area (Å²) in [4.78, 5) is 12.9. The van der Waals surface area contributed by atoms with Gasteiger partial charge in [-0.3, -0.25) is 9.69 Å². The molecule has 1 heterocycles. The van der Waals surface area contributed by atoms with Gasteiger partial charge >= 0.3 is 0 Å². The lowest BCUT2D eigenvalue weighted by molar-refractivity contribution is -0.115. The second-order valence-corrected chi connectivity index (χ2v) is 2.85. The summed E-state index contributed by atoms with van der Waals surface area (Å²) in [5.74, 6) is 1.67. The van der Waals surface area contributed by atoms with Crippen LogP contribution in [-0.2, 0) is 9.53 Å². The number of nitrogens with one attached hydrogen (secondary N) is 1. The SMILES string of the molecule is C#CC(=O)NCCN1CCOCC1. The summed E-state index contributed by atoms with van der Waals surface area (Å²) in [6.45, 7) is 4.89. The van der Waals surface area contributed by atoms with Crippen LogP contribution in [-0.4, -0.2) is 50.2 Å². The van der Waals surface area contributed by atoms with Gasteiger partial charge in [-0.15, -0.1) is 6.42 Å². The largest absolute Gasteiger partial charge is 0.379 e. The lowest BCUT2D eigenvalue weighted by atomic mass is 10.4. The summed E-state index contributed by atoms with van der Waals surface area (Å²) < 4.78 is 5.19. The summed E-state index contributed by atoms with van der Waals surface area (Å²) in [7, 11) is 0. The molecule has 1 fully saturated rings.